The van der Waals surface area contributed by atoms with E-state index in [1.54, 1.807) is 12.1 Å². The van der Waals surface area contributed by atoms with Crippen LogP contribution in [-0.4, -0.2) is 24.9 Å². The Labute approximate surface area is 162 Å². The maximum Gasteiger partial charge on any atom is 0.224 e. The third kappa shape index (κ3) is 3.93. The minimum Gasteiger partial charge on any atom is -0.486 e. The molecule has 0 saturated carbocycles. The lowest BCUT2D eigenvalue weighted by Gasteiger charge is -2.20. The molecule has 0 spiro atoms. The van der Waals surface area contributed by atoms with Gasteiger partial charge in [0.25, 0.3) is 0 Å². The van der Waals surface area contributed by atoms with Gasteiger partial charge in [0.2, 0.25) is 5.91 Å². The smallest absolute Gasteiger partial charge is 0.224 e. The van der Waals surface area contributed by atoms with Gasteiger partial charge in [-0.2, -0.15) is 0 Å². The van der Waals surface area contributed by atoms with Gasteiger partial charge in [-0.05, 0) is 36.5 Å². The van der Waals surface area contributed by atoms with E-state index in [1.807, 2.05) is 18.2 Å². The van der Waals surface area contributed by atoms with Gasteiger partial charge in [0.1, 0.15) is 13.2 Å². The van der Waals surface area contributed by atoms with Gasteiger partial charge in [-0.1, -0.05) is 23.7 Å². The Morgan fingerprint density at radius 2 is 1.70 bits per heavy atom. The van der Waals surface area contributed by atoms with Crippen molar-refractivity contribution < 1.29 is 19.1 Å². The number of amides is 1. The lowest BCUT2D eigenvalue weighted by Crippen LogP contribution is -2.17. The van der Waals surface area contributed by atoms with E-state index in [0.29, 0.717) is 41.0 Å². The van der Waals surface area contributed by atoms with Crippen LogP contribution in [0.3, 0.4) is 0 Å². The predicted octanol–water partition coefficient (Wildman–Crippen LogP) is 4.20. The Morgan fingerprint density at radius 3 is 2.52 bits per heavy atom. The highest BCUT2D eigenvalue weighted by molar-refractivity contribution is 6.34. The van der Waals surface area contributed by atoms with Crippen LogP contribution in [0.15, 0.2) is 30.3 Å². The summed E-state index contributed by atoms with van der Waals surface area (Å²) < 4.78 is 11.0. The average molecular weight is 386 g/mol. The Bertz CT molecular complexity index is 909. The molecule has 2 aliphatic rings. The lowest BCUT2D eigenvalue weighted by atomic mass is 10.0. The number of benzene rings is 2. The van der Waals surface area contributed by atoms with Gasteiger partial charge in [-0.15, -0.1) is 0 Å². The van der Waals surface area contributed by atoms with Crippen LogP contribution >= 0.6 is 11.6 Å². The molecule has 1 heterocycles. The Morgan fingerprint density at radius 1 is 0.963 bits per heavy atom. The molecule has 5 nitrogen and oxygen atoms in total. The molecule has 4 rings (SSSR count). The molecule has 0 unspecified atom stereocenters. The van der Waals surface area contributed by atoms with E-state index in [4.69, 9.17) is 21.1 Å². The number of ketones is 1. The maximum atomic E-state index is 12.4. The zero-order valence-electron chi connectivity index (χ0n) is 14.8. The maximum absolute atomic E-state index is 12.4. The van der Waals surface area contributed by atoms with Gasteiger partial charge in [0, 0.05) is 30.5 Å². The number of hydrogen-bond donors (Lipinski definition) is 1. The fourth-order valence-corrected chi connectivity index (χ4v) is 3.69. The van der Waals surface area contributed by atoms with Gasteiger partial charge in [0.15, 0.2) is 17.3 Å². The first-order chi connectivity index (χ1) is 13.1. The molecule has 0 radical (unpaired) electrons. The molecule has 0 bridgehead atoms. The van der Waals surface area contributed by atoms with Gasteiger partial charge < -0.3 is 14.8 Å². The summed E-state index contributed by atoms with van der Waals surface area (Å²) in [5, 5.41) is 3.12. The van der Waals surface area contributed by atoms with Crippen LogP contribution in [0, 0.1) is 0 Å². The van der Waals surface area contributed by atoms with Crippen LogP contribution in [0.2, 0.25) is 5.02 Å². The molecule has 0 aromatic heterocycles. The van der Waals surface area contributed by atoms with Crippen molar-refractivity contribution in [2.24, 2.45) is 0 Å². The summed E-state index contributed by atoms with van der Waals surface area (Å²) in [6, 6.07) is 9.14. The molecule has 0 saturated heterocycles. The van der Waals surface area contributed by atoms with Crippen molar-refractivity contribution in [1.29, 1.82) is 0 Å². The SMILES string of the molecule is O=C(CCC(=O)c1ccc2c(c1)CCC2)Nc1cc2c(cc1Cl)OCCO2. The van der Waals surface area contributed by atoms with Crippen LogP contribution in [0.5, 0.6) is 11.5 Å². The molecule has 2 aromatic rings. The fraction of sp³-hybridized carbons (Fsp3) is 0.333. The van der Waals surface area contributed by atoms with Gasteiger partial charge in [-0.3, -0.25) is 9.59 Å². The van der Waals surface area contributed by atoms with E-state index >= 15 is 0 Å². The zero-order chi connectivity index (χ0) is 18.8. The topological polar surface area (TPSA) is 64.6 Å². The summed E-state index contributed by atoms with van der Waals surface area (Å²) in [7, 11) is 0. The largest absolute Gasteiger partial charge is 0.486 e. The number of halogens is 1. The highest BCUT2D eigenvalue weighted by atomic mass is 35.5. The van der Waals surface area contributed by atoms with Crippen molar-refractivity contribution in [1.82, 2.24) is 0 Å². The number of nitrogens with one attached hydrogen (secondary N) is 1. The summed E-state index contributed by atoms with van der Waals surface area (Å²) >= 11 is 6.20. The Balaban J connectivity index is 1.36. The standard InChI is InChI=1S/C21H20ClNO4/c22-16-11-19-20(27-9-8-26-19)12-17(16)23-21(25)7-6-18(24)15-5-4-13-2-1-3-14(13)10-15/h4-5,10-12H,1-3,6-9H2,(H,23,25). The number of fused-ring (bicyclic) bond motifs is 2. The number of Topliss-reactive ketones (excluding diaryl/α,β-unsaturated/α-hetero) is 1. The van der Waals surface area contributed by atoms with Crippen molar-refractivity contribution in [2.45, 2.75) is 32.1 Å². The second kappa shape index (κ2) is 7.61. The van der Waals surface area contributed by atoms with Gasteiger partial charge in [0.05, 0.1) is 10.7 Å². The molecule has 1 N–H and O–H groups in total. The average Bonchev–Trinajstić information content (AvgIpc) is 3.14. The van der Waals surface area contributed by atoms with E-state index in [2.05, 4.69) is 5.32 Å². The molecule has 1 amide bonds. The Kier molecular flexibility index (Phi) is 5.03. The zero-order valence-corrected chi connectivity index (χ0v) is 15.6. The molecule has 0 fully saturated rings. The number of carbonyl (C=O) groups is 2. The first-order valence-corrected chi connectivity index (χ1v) is 9.52. The minimum absolute atomic E-state index is 0.0203. The van der Waals surface area contributed by atoms with E-state index in [0.717, 1.165) is 19.3 Å². The van der Waals surface area contributed by atoms with Crippen LogP contribution in [-0.2, 0) is 17.6 Å². The van der Waals surface area contributed by atoms with E-state index < -0.39 is 0 Å². The van der Waals surface area contributed by atoms with Crippen LogP contribution in [0.1, 0.15) is 40.7 Å². The Hall–Kier alpha value is -2.53. The molecule has 1 aliphatic heterocycles. The third-order valence-corrected chi connectivity index (χ3v) is 5.22. The molecular weight excluding hydrogens is 366 g/mol. The van der Waals surface area contributed by atoms with Crippen molar-refractivity contribution >= 4 is 29.0 Å². The molecule has 2 aromatic carbocycles. The number of anilines is 1. The van der Waals surface area contributed by atoms with Crippen molar-refractivity contribution in [3.05, 3.63) is 52.0 Å². The summed E-state index contributed by atoms with van der Waals surface area (Å²) in [4.78, 5) is 24.7. The van der Waals surface area contributed by atoms with Crippen LogP contribution in [0.25, 0.3) is 0 Å². The summed E-state index contributed by atoms with van der Waals surface area (Å²) in [5.41, 5.74) is 3.72. The third-order valence-electron chi connectivity index (χ3n) is 4.91. The molecule has 140 valence electrons. The quantitative estimate of drug-likeness (QED) is 0.783. The number of rotatable bonds is 5. The summed E-state index contributed by atoms with van der Waals surface area (Å²) in [6.45, 7) is 0.928. The fourth-order valence-electron chi connectivity index (χ4n) is 3.49. The van der Waals surface area contributed by atoms with Gasteiger partial charge >= 0.3 is 0 Å². The number of hydrogen-bond acceptors (Lipinski definition) is 4. The second-order valence-corrected chi connectivity index (χ2v) is 7.19. The molecular formula is C21H20ClNO4. The van der Waals surface area contributed by atoms with Crippen molar-refractivity contribution in [3.63, 3.8) is 0 Å². The van der Waals surface area contributed by atoms with Crippen LogP contribution in [0.4, 0.5) is 5.69 Å². The lowest BCUT2D eigenvalue weighted by molar-refractivity contribution is -0.116. The van der Waals surface area contributed by atoms with E-state index in [-0.39, 0.29) is 24.5 Å². The highest BCUT2D eigenvalue weighted by Gasteiger charge is 2.18. The van der Waals surface area contributed by atoms with Crippen molar-refractivity contribution in [2.75, 3.05) is 18.5 Å². The summed E-state index contributed by atoms with van der Waals surface area (Å²) in [5.74, 6) is 0.836. The first-order valence-electron chi connectivity index (χ1n) is 9.14. The molecule has 1 aliphatic carbocycles. The highest BCUT2D eigenvalue weighted by Crippen LogP contribution is 2.38. The first kappa shape index (κ1) is 17.9. The van der Waals surface area contributed by atoms with E-state index in [1.165, 1.54) is 11.1 Å². The normalized spacial score (nSPS) is 14.6. The summed E-state index contributed by atoms with van der Waals surface area (Å²) in [6.07, 6.45) is 3.52. The molecule has 27 heavy (non-hydrogen) atoms. The number of aryl methyl sites for hydroxylation is 2. The van der Waals surface area contributed by atoms with E-state index in [9.17, 15) is 9.59 Å². The predicted molar refractivity (Wildman–Crippen MR) is 103 cm³/mol. The number of ether oxygens (including phenoxy) is 2. The van der Waals surface area contributed by atoms with Gasteiger partial charge in [-0.25, -0.2) is 0 Å². The second-order valence-electron chi connectivity index (χ2n) is 6.78. The number of carbonyl (C=O) groups excluding carboxylic acids is 2. The minimum atomic E-state index is -0.261. The molecule has 0 atom stereocenters. The monoisotopic (exact) mass is 385 g/mol. The molecule has 6 heteroatoms. The van der Waals surface area contributed by atoms with Crippen molar-refractivity contribution in [3.8, 4) is 11.5 Å². The van der Waals surface area contributed by atoms with Crippen LogP contribution < -0.4 is 14.8 Å².